The summed E-state index contributed by atoms with van der Waals surface area (Å²) in [6.45, 7) is 8.94. The minimum atomic E-state index is 0.384. The third-order valence-corrected chi connectivity index (χ3v) is 6.07. The minimum Gasteiger partial charge on any atom is -0.317 e. The second-order valence-corrected chi connectivity index (χ2v) is 8.19. The SMILES string of the molecule is CCC(CC)N(C1=N[C@@H](CC(C)C)CS1)c1cccc(Cl)c1Cl. The number of aliphatic imine (C=N–C) groups is 1. The fraction of sp³-hybridized carbons (Fsp3) is 0.611. The molecule has 1 atom stereocenters. The second kappa shape index (κ2) is 8.64. The lowest BCUT2D eigenvalue weighted by molar-refractivity contribution is 0.528. The molecule has 0 fully saturated rings. The Labute approximate surface area is 154 Å². The number of hydrogen-bond donors (Lipinski definition) is 0. The number of anilines is 1. The van der Waals surface area contributed by atoms with Gasteiger partial charge in [-0.1, -0.05) is 68.7 Å². The monoisotopic (exact) mass is 372 g/mol. The summed E-state index contributed by atoms with van der Waals surface area (Å²) in [5.74, 6) is 1.72. The predicted octanol–water partition coefficient (Wildman–Crippen LogP) is 6.51. The largest absolute Gasteiger partial charge is 0.317 e. The summed E-state index contributed by atoms with van der Waals surface area (Å²) in [7, 11) is 0. The highest BCUT2D eigenvalue weighted by Gasteiger charge is 2.29. The summed E-state index contributed by atoms with van der Waals surface area (Å²) in [5.41, 5.74) is 0.976. The molecular formula is C18H26Cl2N2S. The van der Waals surface area contributed by atoms with Crippen LogP contribution in [-0.4, -0.2) is 23.0 Å². The van der Waals surface area contributed by atoms with E-state index in [1.807, 2.05) is 30.0 Å². The Hall–Kier alpha value is -0.380. The number of nitrogens with zero attached hydrogens (tertiary/aromatic N) is 2. The van der Waals surface area contributed by atoms with Gasteiger partial charge in [-0.05, 0) is 37.3 Å². The van der Waals surface area contributed by atoms with Crippen molar-refractivity contribution in [2.45, 2.75) is 59.0 Å². The molecule has 128 valence electrons. The highest BCUT2D eigenvalue weighted by molar-refractivity contribution is 8.14. The number of thioether (sulfide) groups is 1. The molecule has 0 spiro atoms. The summed E-state index contributed by atoms with van der Waals surface area (Å²) in [4.78, 5) is 7.30. The highest BCUT2D eigenvalue weighted by Crippen LogP contribution is 2.38. The maximum absolute atomic E-state index is 6.51. The average Bonchev–Trinajstić information content (AvgIpc) is 2.95. The van der Waals surface area contributed by atoms with E-state index in [1.54, 1.807) is 0 Å². The van der Waals surface area contributed by atoms with E-state index < -0.39 is 0 Å². The summed E-state index contributed by atoms with van der Waals surface area (Å²) in [6, 6.07) is 6.64. The maximum Gasteiger partial charge on any atom is 0.164 e. The standard InChI is InChI=1S/C18H26Cl2N2S/c1-5-14(6-2)22(16-9-7-8-15(19)17(16)20)18-21-13(11-23-18)10-12(3)4/h7-9,12-14H,5-6,10-11H2,1-4H3/t13-/m0/s1. The molecule has 0 saturated heterocycles. The summed E-state index contributed by atoms with van der Waals surface area (Å²) < 4.78 is 0. The number of benzene rings is 1. The van der Waals surface area contributed by atoms with Crippen molar-refractivity contribution in [3.63, 3.8) is 0 Å². The van der Waals surface area contributed by atoms with Gasteiger partial charge in [0.25, 0.3) is 0 Å². The fourth-order valence-electron chi connectivity index (χ4n) is 2.99. The number of hydrogen-bond acceptors (Lipinski definition) is 3. The van der Waals surface area contributed by atoms with Gasteiger partial charge in [0.15, 0.2) is 5.17 Å². The van der Waals surface area contributed by atoms with Crippen LogP contribution in [0.15, 0.2) is 23.2 Å². The van der Waals surface area contributed by atoms with Crippen molar-refractivity contribution < 1.29 is 0 Å². The lowest BCUT2D eigenvalue weighted by Gasteiger charge is -2.32. The van der Waals surface area contributed by atoms with Crippen molar-refractivity contribution in [2.24, 2.45) is 10.9 Å². The first-order chi connectivity index (χ1) is 11.0. The van der Waals surface area contributed by atoms with Crippen molar-refractivity contribution in [1.29, 1.82) is 0 Å². The Morgan fingerprint density at radius 3 is 2.57 bits per heavy atom. The molecule has 5 heteroatoms. The smallest absolute Gasteiger partial charge is 0.164 e. The number of amidine groups is 1. The Bertz CT molecular complexity index is 556. The molecule has 0 aliphatic carbocycles. The first-order valence-electron chi connectivity index (χ1n) is 8.41. The quantitative estimate of drug-likeness (QED) is 0.565. The lowest BCUT2D eigenvalue weighted by Crippen LogP contribution is -2.38. The van der Waals surface area contributed by atoms with Gasteiger partial charge < -0.3 is 4.90 Å². The predicted molar refractivity (Wildman–Crippen MR) is 106 cm³/mol. The van der Waals surface area contributed by atoms with Crippen LogP contribution in [0, 0.1) is 5.92 Å². The van der Waals surface area contributed by atoms with Crippen molar-refractivity contribution in [1.82, 2.24) is 0 Å². The summed E-state index contributed by atoms with van der Waals surface area (Å²) in [5, 5.41) is 2.31. The van der Waals surface area contributed by atoms with Crippen LogP contribution in [0.3, 0.4) is 0 Å². The zero-order valence-corrected chi connectivity index (χ0v) is 16.7. The molecule has 23 heavy (non-hydrogen) atoms. The molecule has 0 amide bonds. The highest BCUT2D eigenvalue weighted by atomic mass is 35.5. The van der Waals surface area contributed by atoms with Gasteiger partial charge in [-0.15, -0.1) is 0 Å². The van der Waals surface area contributed by atoms with Crippen LogP contribution >= 0.6 is 35.0 Å². The molecule has 0 unspecified atom stereocenters. The molecule has 1 aliphatic heterocycles. The van der Waals surface area contributed by atoms with Crippen molar-refractivity contribution in [2.75, 3.05) is 10.7 Å². The van der Waals surface area contributed by atoms with Gasteiger partial charge >= 0.3 is 0 Å². The van der Waals surface area contributed by atoms with E-state index in [2.05, 4.69) is 32.6 Å². The number of rotatable bonds is 6. The first kappa shape index (κ1) is 19.0. The van der Waals surface area contributed by atoms with Crippen LogP contribution < -0.4 is 4.90 Å². The van der Waals surface area contributed by atoms with E-state index in [-0.39, 0.29) is 0 Å². The van der Waals surface area contributed by atoms with Gasteiger partial charge in [0, 0.05) is 11.8 Å². The molecule has 2 nitrogen and oxygen atoms in total. The normalized spacial score (nSPS) is 17.9. The molecular weight excluding hydrogens is 347 g/mol. The molecule has 1 aliphatic rings. The van der Waals surface area contributed by atoms with E-state index in [0.717, 1.165) is 35.9 Å². The van der Waals surface area contributed by atoms with E-state index in [1.165, 1.54) is 0 Å². The molecule has 1 aromatic rings. The van der Waals surface area contributed by atoms with Gasteiger partial charge in [0.1, 0.15) is 0 Å². The zero-order valence-electron chi connectivity index (χ0n) is 14.4. The van der Waals surface area contributed by atoms with Crippen molar-refractivity contribution in [3.8, 4) is 0 Å². The molecule has 0 radical (unpaired) electrons. The van der Waals surface area contributed by atoms with E-state index in [4.69, 9.17) is 28.2 Å². The molecule has 2 rings (SSSR count). The zero-order chi connectivity index (χ0) is 17.0. The number of halogens is 2. The van der Waals surface area contributed by atoms with E-state index >= 15 is 0 Å². The Morgan fingerprint density at radius 2 is 1.96 bits per heavy atom. The molecule has 1 aromatic carbocycles. The lowest BCUT2D eigenvalue weighted by atomic mass is 10.1. The van der Waals surface area contributed by atoms with Crippen molar-refractivity contribution in [3.05, 3.63) is 28.2 Å². The van der Waals surface area contributed by atoms with Crippen LogP contribution in [0.1, 0.15) is 47.0 Å². The fourth-order valence-corrected chi connectivity index (χ4v) is 4.54. The van der Waals surface area contributed by atoms with Crippen LogP contribution in [-0.2, 0) is 0 Å². The molecule has 0 bridgehead atoms. The summed E-state index contributed by atoms with van der Waals surface area (Å²) >= 11 is 14.6. The minimum absolute atomic E-state index is 0.384. The Kier molecular flexibility index (Phi) is 7.12. The van der Waals surface area contributed by atoms with Crippen LogP contribution in [0.5, 0.6) is 0 Å². The summed E-state index contributed by atoms with van der Waals surface area (Å²) in [6.07, 6.45) is 3.23. The van der Waals surface area contributed by atoms with Gasteiger partial charge in [-0.25, -0.2) is 0 Å². The topological polar surface area (TPSA) is 15.6 Å². The Morgan fingerprint density at radius 1 is 1.26 bits per heavy atom. The van der Waals surface area contributed by atoms with Gasteiger partial charge in [0.2, 0.25) is 0 Å². The molecule has 0 aromatic heterocycles. The van der Waals surface area contributed by atoms with Gasteiger partial charge in [-0.2, -0.15) is 0 Å². The maximum atomic E-state index is 6.51. The van der Waals surface area contributed by atoms with Gasteiger partial charge in [0.05, 0.1) is 21.8 Å². The van der Waals surface area contributed by atoms with Crippen LogP contribution in [0.4, 0.5) is 5.69 Å². The third-order valence-electron chi connectivity index (χ3n) is 4.15. The van der Waals surface area contributed by atoms with Gasteiger partial charge in [-0.3, -0.25) is 4.99 Å². The second-order valence-electron chi connectivity index (χ2n) is 6.42. The molecule has 0 saturated carbocycles. The van der Waals surface area contributed by atoms with E-state index in [9.17, 15) is 0 Å². The molecule has 0 N–H and O–H groups in total. The van der Waals surface area contributed by atoms with E-state index in [0.29, 0.717) is 28.0 Å². The van der Waals surface area contributed by atoms with Crippen LogP contribution in [0.2, 0.25) is 10.0 Å². The Balaban J connectivity index is 2.38. The first-order valence-corrected chi connectivity index (χ1v) is 10.2. The average molecular weight is 373 g/mol. The third kappa shape index (κ3) is 4.58. The molecule has 1 heterocycles. The van der Waals surface area contributed by atoms with Crippen molar-refractivity contribution >= 4 is 45.8 Å². The van der Waals surface area contributed by atoms with Crippen LogP contribution in [0.25, 0.3) is 0 Å².